The Kier molecular flexibility index (Phi) is 8.29. The van der Waals surface area contributed by atoms with Gasteiger partial charge in [0.15, 0.2) is 11.5 Å². The van der Waals surface area contributed by atoms with Crippen molar-refractivity contribution in [2.24, 2.45) is 0 Å². The molecule has 3 rings (SSSR count). The summed E-state index contributed by atoms with van der Waals surface area (Å²) < 4.78 is 44.4. The van der Waals surface area contributed by atoms with Crippen LogP contribution in [0.2, 0.25) is 0 Å². The molecule has 1 amide bonds. The van der Waals surface area contributed by atoms with Crippen LogP contribution in [-0.4, -0.2) is 83.0 Å². The summed E-state index contributed by atoms with van der Waals surface area (Å²) in [7, 11) is -0.794. The van der Waals surface area contributed by atoms with Gasteiger partial charge in [-0.3, -0.25) is 9.88 Å². The average molecular weight is 510 g/mol. The molecule has 0 aliphatic carbocycles. The molecule has 2 N–H and O–H groups in total. The van der Waals surface area contributed by atoms with Crippen molar-refractivity contribution >= 4 is 32.9 Å². The first-order valence-corrected chi connectivity index (χ1v) is 12.9. The number of hydrogen-bond acceptors (Lipinski definition) is 9. The molecule has 1 fully saturated rings. The molecule has 1 saturated heterocycles. The van der Waals surface area contributed by atoms with Gasteiger partial charge in [0.05, 0.1) is 19.7 Å². The first kappa shape index (κ1) is 26.8. The van der Waals surface area contributed by atoms with Crippen molar-refractivity contribution in [1.29, 1.82) is 0 Å². The van der Waals surface area contributed by atoms with Gasteiger partial charge in [-0.1, -0.05) is 0 Å². The predicted octanol–water partition coefficient (Wildman–Crippen LogP) is 2.12. The quantitative estimate of drug-likeness (QED) is 0.551. The number of methoxy groups -OCH3 is 2. The highest BCUT2D eigenvalue weighted by Crippen LogP contribution is 2.36. The van der Waals surface area contributed by atoms with E-state index in [2.05, 4.69) is 26.4 Å². The van der Waals surface area contributed by atoms with Crippen molar-refractivity contribution in [3.05, 3.63) is 24.4 Å². The Morgan fingerprint density at radius 1 is 1.17 bits per heavy atom. The third-order valence-electron chi connectivity index (χ3n) is 5.64. The molecule has 0 bridgehead atoms. The van der Waals surface area contributed by atoms with Crippen molar-refractivity contribution in [2.75, 3.05) is 51.8 Å². The lowest BCUT2D eigenvalue weighted by atomic mass is 10.1. The van der Waals surface area contributed by atoms with Crippen LogP contribution in [0.3, 0.4) is 0 Å². The number of fused-ring (bicyclic) bond motifs is 1. The van der Waals surface area contributed by atoms with Crippen LogP contribution in [0, 0.1) is 0 Å². The molecule has 2 aromatic rings. The van der Waals surface area contributed by atoms with Crippen LogP contribution in [0.1, 0.15) is 27.7 Å². The maximum absolute atomic E-state index is 12.1. The van der Waals surface area contributed by atoms with Crippen molar-refractivity contribution in [1.82, 2.24) is 19.3 Å². The van der Waals surface area contributed by atoms with Gasteiger partial charge in [0.25, 0.3) is 0 Å². The predicted molar refractivity (Wildman–Crippen MR) is 134 cm³/mol. The lowest BCUT2D eigenvalue weighted by molar-refractivity contribution is 0.0569. The first-order valence-electron chi connectivity index (χ1n) is 11.4. The number of amides is 1. The number of aromatic nitrogens is 1. The van der Waals surface area contributed by atoms with Gasteiger partial charge in [0.1, 0.15) is 5.60 Å². The second-order valence-corrected chi connectivity index (χ2v) is 10.9. The molecule has 0 radical (unpaired) electrons. The van der Waals surface area contributed by atoms with Crippen LogP contribution in [-0.2, 0) is 14.9 Å². The second kappa shape index (κ2) is 10.8. The number of carbonyl (C=O) groups is 1. The van der Waals surface area contributed by atoms with E-state index in [4.69, 9.17) is 14.2 Å². The van der Waals surface area contributed by atoms with E-state index in [9.17, 15) is 13.2 Å². The van der Waals surface area contributed by atoms with E-state index in [0.29, 0.717) is 18.0 Å². The van der Waals surface area contributed by atoms with Gasteiger partial charge in [-0.15, -0.1) is 0 Å². The zero-order valence-corrected chi connectivity index (χ0v) is 21.9. The van der Waals surface area contributed by atoms with E-state index in [1.165, 1.54) is 0 Å². The third kappa shape index (κ3) is 7.09. The molecule has 0 spiro atoms. The van der Waals surface area contributed by atoms with E-state index in [1.54, 1.807) is 41.2 Å². The fourth-order valence-electron chi connectivity index (χ4n) is 4.05. The minimum Gasteiger partial charge on any atom is -0.493 e. The Morgan fingerprint density at radius 3 is 2.49 bits per heavy atom. The lowest BCUT2D eigenvalue weighted by Gasteiger charge is -2.41. The van der Waals surface area contributed by atoms with Crippen LogP contribution >= 0.6 is 0 Å². The molecule has 35 heavy (non-hydrogen) atoms. The molecular weight excluding hydrogens is 474 g/mol. The summed E-state index contributed by atoms with van der Waals surface area (Å²) in [5.41, 5.74) is 1.10. The topological polar surface area (TPSA) is 122 Å². The molecule has 12 heteroatoms. The second-order valence-electron chi connectivity index (χ2n) is 9.39. The van der Waals surface area contributed by atoms with Crippen molar-refractivity contribution in [3.8, 4) is 11.5 Å². The fourth-order valence-corrected chi connectivity index (χ4v) is 4.74. The molecule has 194 valence electrons. The van der Waals surface area contributed by atoms with E-state index in [-0.39, 0.29) is 12.6 Å². The summed E-state index contributed by atoms with van der Waals surface area (Å²) in [5, 5.41) is 0.978. The van der Waals surface area contributed by atoms with Crippen LogP contribution in [0.15, 0.2) is 24.4 Å². The van der Waals surface area contributed by atoms with Crippen LogP contribution in [0.4, 0.5) is 10.5 Å². The SMILES string of the molecule is COc1cc2nccc(N3CCN(CCNS(=O)(=O)NC(=O)OC(C)(C)C)[C@H](C)C3)c2cc1OC. The van der Waals surface area contributed by atoms with Crippen LogP contribution < -0.4 is 23.8 Å². The number of nitrogens with one attached hydrogen (secondary N) is 2. The normalized spacial score (nSPS) is 17.3. The molecule has 1 aromatic heterocycles. The Hall–Kier alpha value is -2.83. The summed E-state index contributed by atoms with van der Waals surface area (Å²) in [6.07, 6.45) is 0.776. The molecule has 1 atom stereocenters. The fraction of sp³-hybridized carbons (Fsp3) is 0.565. The van der Waals surface area contributed by atoms with Gasteiger partial charge >= 0.3 is 16.3 Å². The van der Waals surface area contributed by atoms with E-state index in [1.807, 2.05) is 22.9 Å². The Balaban J connectivity index is 1.59. The zero-order chi connectivity index (χ0) is 25.8. The molecular formula is C23H35N5O6S. The Bertz CT molecular complexity index is 1150. The van der Waals surface area contributed by atoms with E-state index < -0.39 is 21.9 Å². The third-order valence-corrected chi connectivity index (χ3v) is 6.66. The molecule has 1 aromatic carbocycles. The maximum Gasteiger partial charge on any atom is 0.422 e. The number of carbonyl (C=O) groups excluding carboxylic acids is 1. The van der Waals surface area contributed by atoms with Gasteiger partial charge in [-0.05, 0) is 39.8 Å². The minimum atomic E-state index is -4.00. The number of nitrogens with zero attached hydrogens (tertiary/aromatic N) is 3. The van der Waals surface area contributed by atoms with E-state index in [0.717, 1.165) is 36.2 Å². The summed E-state index contributed by atoms with van der Waals surface area (Å²) in [6.45, 7) is 10.0. The number of pyridine rings is 1. The molecule has 2 heterocycles. The van der Waals surface area contributed by atoms with Gasteiger partial charge in [0, 0.05) is 62.1 Å². The highest BCUT2D eigenvalue weighted by Gasteiger charge is 2.26. The summed E-state index contributed by atoms with van der Waals surface area (Å²) in [4.78, 5) is 20.7. The van der Waals surface area contributed by atoms with Gasteiger partial charge in [0.2, 0.25) is 0 Å². The summed E-state index contributed by atoms with van der Waals surface area (Å²) in [6, 6.07) is 5.98. The van der Waals surface area contributed by atoms with Crippen LogP contribution in [0.5, 0.6) is 11.5 Å². The summed E-state index contributed by atoms with van der Waals surface area (Å²) >= 11 is 0. The average Bonchev–Trinajstić information content (AvgIpc) is 2.76. The van der Waals surface area contributed by atoms with Gasteiger partial charge < -0.3 is 19.1 Å². The highest BCUT2D eigenvalue weighted by molar-refractivity contribution is 7.88. The Morgan fingerprint density at radius 2 is 1.86 bits per heavy atom. The number of ether oxygens (including phenoxy) is 3. The number of rotatable bonds is 8. The lowest BCUT2D eigenvalue weighted by Crippen LogP contribution is -2.54. The number of benzene rings is 1. The monoisotopic (exact) mass is 509 g/mol. The van der Waals surface area contributed by atoms with Gasteiger partial charge in [-0.25, -0.2) is 9.52 Å². The summed E-state index contributed by atoms with van der Waals surface area (Å²) in [5.74, 6) is 1.28. The van der Waals surface area contributed by atoms with Gasteiger partial charge in [-0.2, -0.15) is 13.1 Å². The van der Waals surface area contributed by atoms with Crippen LogP contribution in [0.25, 0.3) is 10.9 Å². The van der Waals surface area contributed by atoms with Crippen molar-refractivity contribution in [3.63, 3.8) is 0 Å². The first-order chi connectivity index (χ1) is 16.4. The number of anilines is 1. The largest absolute Gasteiger partial charge is 0.493 e. The maximum atomic E-state index is 12.1. The highest BCUT2D eigenvalue weighted by atomic mass is 32.2. The van der Waals surface area contributed by atoms with E-state index >= 15 is 0 Å². The molecule has 0 unspecified atom stereocenters. The van der Waals surface area contributed by atoms with Crippen molar-refractivity contribution in [2.45, 2.75) is 39.3 Å². The number of piperazine rings is 1. The molecule has 1 aliphatic rings. The minimum absolute atomic E-state index is 0.164. The molecule has 1 aliphatic heterocycles. The molecule has 0 saturated carbocycles. The zero-order valence-electron chi connectivity index (χ0n) is 21.1. The Labute approximate surface area is 206 Å². The smallest absolute Gasteiger partial charge is 0.422 e. The number of hydrogen-bond donors (Lipinski definition) is 2. The van der Waals surface area contributed by atoms with Crippen molar-refractivity contribution < 1.29 is 27.4 Å². The molecule has 11 nitrogen and oxygen atoms in total. The standard InChI is InChI=1S/C23H35N5O6S/c1-16-15-28(19-7-8-24-18-14-21(33-6)20(32-5)13-17(18)19)12-11-27(16)10-9-25-35(30,31)26-22(29)34-23(2,3)4/h7-8,13-14,16,25H,9-12,15H2,1-6H3,(H,26,29)/t16-/m1/s1.